The molecule has 23 heavy (non-hydrogen) atoms. The molecule has 1 atom stereocenters. The first-order chi connectivity index (χ1) is 11.3. The Morgan fingerprint density at radius 1 is 1.13 bits per heavy atom. The number of piperidine rings is 1. The van der Waals surface area contributed by atoms with E-state index >= 15 is 0 Å². The molecule has 0 aliphatic carbocycles. The second-order valence-electron chi connectivity index (χ2n) is 5.80. The van der Waals surface area contributed by atoms with Gasteiger partial charge in [0.05, 0.1) is 11.7 Å². The molecule has 0 unspecified atom stereocenters. The van der Waals surface area contributed by atoms with Gasteiger partial charge in [0.25, 0.3) is 0 Å². The van der Waals surface area contributed by atoms with E-state index in [1.165, 1.54) is 18.4 Å². The Morgan fingerprint density at radius 3 is 2.87 bits per heavy atom. The zero-order valence-corrected chi connectivity index (χ0v) is 13.8. The molecule has 122 valence electrons. The molecule has 0 bridgehead atoms. The minimum atomic E-state index is 0.337. The maximum Gasteiger partial charge on any atom is 0.222 e. The molecule has 0 saturated carbocycles. The van der Waals surface area contributed by atoms with Gasteiger partial charge < -0.3 is 10.6 Å². The summed E-state index contributed by atoms with van der Waals surface area (Å²) in [6.07, 6.45) is 7.27. The molecule has 6 nitrogen and oxygen atoms in total. The van der Waals surface area contributed by atoms with Crippen LogP contribution < -0.4 is 10.6 Å². The Morgan fingerprint density at radius 2 is 2.04 bits per heavy atom. The predicted octanol–water partition coefficient (Wildman–Crippen LogP) is 2.68. The van der Waals surface area contributed by atoms with Crippen molar-refractivity contribution in [2.45, 2.75) is 31.8 Å². The zero-order chi connectivity index (χ0) is 16.1. The molecule has 1 fully saturated rings. The van der Waals surface area contributed by atoms with Crippen LogP contribution in [0.5, 0.6) is 0 Å². The second-order valence-corrected chi connectivity index (χ2v) is 5.80. The van der Waals surface area contributed by atoms with Crippen LogP contribution in [0.15, 0.2) is 30.6 Å². The van der Waals surface area contributed by atoms with Crippen LogP contribution in [0.2, 0.25) is 0 Å². The summed E-state index contributed by atoms with van der Waals surface area (Å²) in [6.45, 7) is 1.97. The maximum atomic E-state index is 4.65. The van der Waals surface area contributed by atoms with E-state index in [1.807, 2.05) is 38.6 Å². The first-order valence-electron chi connectivity index (χ1n) is 8.18. The number of hydrogen-bond donors (Lipinski definition) is 2. The molecule has 3 heterocycles. The monoisotopic (exact) mass is 312 g/mol. The van der Waals surface area contributed by atoms with E-state index in [4.69, 9.17) is 0 Å². The van der Waals surface area contributed by atoms with E-state index in [0.717, 1.165) is 31.0 Å². The highest BCUT2D eigenvalue weighted by Crippen LogP contribution is 2.32. The number of nitrogens with one attached hydrogen (secondary N) is 2. The van der Waals surface area contributed by atoms with Gasteiger partial charge in [-0.25, -0.2) is 15.0 Å². The summed E-state index contributed by atoms with van der Waals surface area (Å²) >= 11 is 0. The fourth-order valence-corrected chi connectivity index (χ4v) is 3.20. The summed E-state index contributed by atoms with van der Waals surface area (Å²) in [5, 5.41) is 6.21. The van der Waals surface area contributed by atoms with E-state index in [9.17, 15) is 0 Å². The summed E-state index contributed by atoms with van der Waals surface area (Å²) in [5.74, 6) is 1.64. The number of likely N-dealkylation sites (tertiary alicyclic amines) is 1. The Labute approximate surface area is 137 Å². The van der Waals surface area contributed by atoms with E-state index in [0.29, 0.717) is 12.0 Å². The van der Waals surface area contributed by atoms with Crippen LogP contribution in [0.25, 0.3) is 0 Å². The molecule has 3 rings (SSSR count). The number of hydrogen-bond acceptors (Lipinski definition) is 6. The predicted molar refractivity (Wildman–Crippen MR) is 92.4 cm³/mol. The number of rotatable bonds is 5. The fraction of sp³-hybridized carbons (Fsp3) is 0.471. The molecular weight excluding hydrogens is 288 g/mol. The third-order valence-corrected chi connectivity index (χ3v) is 4.36. The molecule has 2 N–H and O–H groups in total. The normalized spacial score (nSPS) is 18.6. The standard InChI is InChI=1S/C17H24N6/c1-18-16-13(6-5-9-20-16)12-23-11-4-3-7-15(23)14-8-10-21-17(19-2)22-14/h5-6,8-10,15H,3-4,7,11-12H2,1-2H3,(H,18,20)(H,19,21,22)/t15-/m0/s1. The first kappa shape index (κ1) is 15.7. The Kier molecular flexibility index (Phi) is 5.02. The zero-order valence-electron chi connectivity index (χ0n) is 13.8. The summed E-state index contributed by atoms with van der Waals surface area (Å²) in [6, 6.07) is 6.51. The molecule has 0 spiro atoms. The lowest BCUT2D eigenvalue weighted by Crippen LogP contribution is -2.33. The quantitative estimate of drug-likeness (QED) is 0.885. The van der Waals surface area contributed by atoms with Gasteiger partial charge >= 0.3 is 0 Å². The van der Waals surface area contributed by atoms with Crippen molar-refractivity contribution >= 4 is 11.8 Å². The van der Waals surface area contributed by atoms with Crippen molar-refractivity contribution in [3.05, 3.63) is 41.9 Å². The summed E-state index contributed by atoms with van der Waals surface area (Å²) < 4.78 is 0. The van der Waals surface area contributed by atoms with Gasteiger partial charge in [-0.3, -0.25) is 4.90 Å². The summed E-state index contributed by atoms with van der Waals surface area (Å²) in [7, 11) is 3.77. The highest BCUT2D eigenvalue weighted by atomic mass is 15.2. The summed E-state index contributed by atoms with van der Waals surface area (Å²) in [5.41, 5.74) is 2.32. The average molecular weight is 312 g/mol. The van der Waals surface area contributed by atoms with E-state index < -0.39 is 0 Å². The molecule has 0 amide bonds. The van der Waals surface area contributed by atoms with Crippen molar-refractivity contribution in [1.82, 2.24) is 19.9 Å². The van der Waals surface area contributed by atoms with Gasteiger partial charge in [-0.15, -0.1) is 0 Å². The highest BCUT2D eigenvalue weighted by molar-refractivity contribution is 5.43. The number of aromatic nitrogens is 3. The van der Waals surface area contributed by atoms with Crippen LogP contribution in [-0.4, -0.2) is 40.5 Å². The van der Waals surface area contributed by atoms with Crippen molar-refractivity contribution < 1.29 is 0 Å². The van der Waals surface area contributed by atoms with E-state index in [-0.39, 0.29) is 0 Å². The Bertz CT molecular complexity index is 644. The molecule has 0 radical (unpaired) electrons. The van der Waals surface area contributed by atoms with Crippen molar-refractivity contribution in [1.29, 1.82) is 0 Å². The van der Waals surface area contributed by atoms with Crippen molar-refractivity contribution in [3.8, 4) is 0 Å². The van der Waals surface area contributed by atoms with Gasteiger partial charge in [0.2, 0.25) is 5.95 Å². The van der Waals surface area contributed by atoms with Gasteiger partial charge in [0, 0.05) is 38.6 Å². The maximum absolute atomic E-state index is 4.65. The Balaban J connectivity index is 1.83. The molecular formula is C17H24N6. The number of pyridine rings is 1. The van der Waals surface area contributed by atoms with Gasteiger partial charge in [0.1, 0.15) is 5.82 Å². The van der Waals surface area contributed by atoms with Crippen molar-refractivity contribution in [2.24, 2.45) is 0 Å². The van der Waals surface area contributed by atoms with E-state index in [1.54, 1.807) is 0 Å². The smallest absolute Gasteiger partial charge is 0.222 e. The van der Waals surface area contributed by atoms with Crippen LogP contribution >= 0.6 is 0 Å². The van der Waals surface area contributed by atoms with Crippen LogP contribution in [0.1, 0.15) is 36.6 Å². The van der Waals surface area contributed by atoms with Crippen molar-refractivity contribution in [3.63, 3.8) is 0 Å². The molecule has 6 heteroatoms. The van der Waals surface area contributed by atoms with Crippen LogP contribution in [0.4, 0.5) is 11.8 Å². The van der Waals surface area contributed by atoms with Crippen LogP contribution in [0.3, 0.4) is 0 Å². The Hall–Kier alpha value is -2.21. The van der Waals surface area contributed by atoms with Crippen LogP contribution in [-0.2, 0) is 6.54 Å². The lowest BCUT2D eigenvalue weighted by atomic mass is 9.98. The molecule has 1 saturated heterocycles. The second kappa shape index (κ2) is 7.37. The third kappa shape index (κ3) is 3.59. The molecule has 2 aromatic rings. The largest absolute Gasteiger partial charge is 0.373 e. The average Bonchev–Trinajstić information content (AvgIpc) is 2.62. The molecule has 1 aliphatic rings. The third-order valence-electron chi connectivity index (χ3n) is 4.36. The van der Waals surface area contributed by atoms with Crippen molar-refractivity contribution in [2.75, 3.05) is 31.3 Å². The van der Waals surface area contributed by atoms with Gasteiger partial charge in [-0.2, -0.15) is 0 Å². The lowest BCUT2D eigenvalue weighted by molar-refractivity contribution is 0.137. The van der Waals surface area contributed by atoms with Crippen LogP contribution in [0, 0.1) is 0 Å². The van der Waals surface area contributed by atoms with Gasteiger partial charge in [-0.05, 0) is 31.5 Å². The molecule has 1 aliphatic heterocycles. The number of nitrogens with zero attached hydrogens (tertiary/aromatic N) is 4. The fourth-order valence-electron chi connectivity index (χ4n) is 3.20. The summed E-state index contributed by atoms with van der Waals surface area (Å²) in [4.78, 5) is 15.8. The minimum Gasteiger partial charge on any atom is -0.373 e. The minimum absolute atomic E-state index is 0.337. The lowest BCUT2D eigenvalue weighted by Gasteiger charge is -2.35. The van der Waals surface area contributed by atoms with Gasteiger partial charge in [-0.1, -0.05) is 12.5 Å². The SMILES string of the molecule is CNc1nccc([C@@H]2CCCCN2Cc2cccnc2NC)n1. The molecule has 0 aromatic carbocycles. The first-order valence-corrected chi connectivity index (χ1v) is 8.18. The number of anilines is 2. The highest BCUT2D eigenvalue weighted by Gasteiger charge is 2.26. The van der Waals surface area contributed by atoms with Gasteiger partial charge in [0.15, 0.2) is 0 Å². The topological polar surface area (TPSA) is 66.0 Å². The van der Waals surface area contributed by atoms with E-state index in [2.05, 4.69) is 36.6 Å². The molecule has 2 aromatic heterocycles.